The molecule has 1 N–H and O–H groups in total. The third-order valence-electron chi connectivity index (χ3n) is 5.17. The van der Waals surface area contributed by atoms with Gasteiger partial charge in [0, 0.05) is 22.9 Å². The van der Waals surface area contributed by atoms with Gasteiger partial charge >= 0.3 is 0 Å². The first-order valence-electron chi connectivity index (χ1n) is 10.4. The largest absolute Gasteiger partial charge is 0.489 e. The van der Waals surface area contributed by atoms with Crippen LogP contribution in [0.2, 0.25) is 0 Å². The van der Waals surface area contributed by atoms with Gasteiger partial charge in [0.15, 0.2) is 0 Å². The Bertz CT molecular complexity index is 1400. The lowest BCUT2D eigenvalue weighted by Crippen LogP contribution is -2.17. The molecule has 5 nitrogen and oxygen atoms in total. The van der Waals surface area contributed by atoms with E-state index in [-0.39, 0.29) is 18.3 Å². The van der Waals surface area contributed by atoms with Gasteiger partial charge in [-0.05, 0) is 48.5 Å². The third-order valence-corrected chi connectivity index (χ3v) is 6.33. The van der Waals surface area contributed by atoms with Crippen molar-refractivity contribution in [2.45, 2.75) is 6.61 Å². The predicted octanol–water partition coefficient (Wildman–Crippen LogP) is 5.75. The topological polar surface area (TPSA) is 56.2 Å². The zero-order valence-corrected chi connectivity index (χ0v) is 19.4. The minimum absolute atomic E-state index is 0.137. The number of nitrogens with zero attached hydrogens (tertiary/aromatic N) is 2. The smallest absolute Gasteiger partial charge is 0.263 e. The molecule has 1 saturated heterocycles. The highest BCUT2D eigenvalue weighted by molar-refractivity contribution is 8.26. The molecule has 168 valence electrons. The second kappa shape index (κ2) is 9.62. The number of hydrogen-bond donors (Lipinski definition) is 1. The number of ether oxygens (including phenoxy) is 1. The highest BCUT2D eigenvalue weighted by Gasteiger charge is 2.23. The average molecular weight is 488 g/mol. The number of nitrogens with one attached hydrogen (secondary N) is 1. The Labute approximate surface area is 205 Å². The Morgan fingerprint density at radius 2 is 1.76 bits per heavy atom. The van der Waals surface area contributed by atoms with E-state index in [0.29, 0.717) is 26.2 Å². The molecule has 2 heterocycles. The van der Waals surface area contributed by atoms with Crippen molar-refractivity contribution in [1.29, 1.82) is 0 Å². The average Bonchev–Trinajstić information content (AvgIpc) is 3.42. The molecule has 1 fully saturated rings. The van der Waals surface area contributed by atoms with Crippen molar-refractivity contribution in [2.75, 3.05) is 0 Å². The van der Waals surface area contributed by atoms with E-state index in [0.717, 1.165) is 16.8 Å². The Morgan fingerprint density at radius 3 is 2.47 bits per heavy atom. The van der Waals surface area contributed by atoms with Gasteiger partial charge < -0.3 is 10.1 Å². The number of carbonyl (C=O) groups excluding carboxylic acids is 1. The summed E-state index contributed by atoms with van der Waals surface area (Å²) in [5.74, 6) is 0.104. The van der Waals surface area contributed by atoms with E-state index < -0.39 is 0 Å². The van der Waals surface area contributed by atoms with Gasteiger partial charge in [-0.3, -0.25) is 4.79 Å². The normalized spacial score (nSPS) is 14.4. The molecule has 1 aliphatic heterocycles. The second-order valence-corrected chi connectivity index (χ2v) is 9.19. The van der Waals surface area contributed by atoms with Gasteiger partial charge in [-0.1, -0.05) is 60.4 Å². The number of thioether (sulfide) groups is 1. The van der Waals surface area contributed by atoms with E-state index in [2.05, 4.69) is 5.32 Å². The second-order valence-electron chi connectivity index (χ2n) is 7.47. The molecule has 0 atom stereocenters. The van der Waals surface area contributed by atoms with Gasteiger partial charge in [-0.15, -0.1) is 0 Å². The van der Waals surface area contributed by atoms with Crippen molar-refractivity contribution in [2.24, 2.45) is 0 Å². The van der Waals surface area contributed by atoms with Crippen LogP contribution >= 0.6 is 24.0 Å². The number of carbonyl (C=O) groups is 1. The summed E-state index contributed by atoms with van der Waals surface area (Å²) >= 11 is 6.34. The monoisotopic (exact) mass is 487 g/mol. The minimum Gasteiger partial charge on any atom is -0.489 e. The molecule has 1 aliphatic rings. The molecule has 0 spiro atoms. The quantitative estimate of drug-likeness (QED) is 0.277. The number of halogens is 1. The molecule has 8 heteroatoms. The predicted molar refractivity (Wildman–Crippen MR) is 136 cm³/mol. The maximum atomic E-state index is 13.8. The molecule has 0 aliphatic carbocycles. The van der Waals surface area contributed by atoms with Gasteiger partial charge in [0.25, 0.3) is 5.91 Å². The van der Waals surface area contributed by atoms with Crippen LogP contribution in [0.4, 0.5) is 4.39 Å². The van der Waals surface area contributed by atoms with Gasteiger partial charge in [-0.25, -0.2) is 9.07 Å². The fourth-order valence-electron chi connectivity index (χ4n) is 3.48. The van der Waals surface area contributed by atoms with Crippen LogP contribution < -0.4 is 10.1 Å². The highest BCUT2D eigenvalue weighted by Crippen LogP contribution is 2.31. The SMILES string of the molecule is O=C1NC(=S)S/C1=C\c1cn(-c2ccccc2)nc1-c1ccc(OCc2ccccc2F)cc1. The van der Waals surface area contributed by atoms with Crippen molar-refractivity contribution in [3.05, 3.63) is 107 Å². The summed E-state index contributed by atoms with van der Waals surface area (Å²) in [6.07, 6.45) is 3.68. The lowest BCUT2D eigenvalue weighted by Gasteiger charge is -2.08. The number of thiocarbonyl (C=S) groups is 1. The van der Waals surface area contributed by atoms with E-state index in [9.17, 15) is 9.18 Å². The molecule has 3 aromatic carbocycles. The van der Waals surface area contributed by atoms with Gasteiger partial charge in [-0.2, -0.15) is 5.10 Å². The molecule has 4 aromatic rings. The van der Waals surface area contributed by atoms with Crippen LogP contribution in [-0.2, 0) is 11.4 Å². The lowest BCUT2D eigenvalue weighted by atomic mass is 10.1. The van der Waals surface area contributed by atoms with Gasteiger partial charge in [0.05, 0.1) is 16.3 Å². The Kier molecular flexibility index (Phi) is 6.24. The van der Waals surface area contributed by atoms with Crippen LogP contribution in [0.15, 0.2) is 90.0 Å². The number of rotatable bonds is 6. The number of benzene rings is 3. The van der Waals surface area contributed by atoms with Crippen LogP contribution in [0.25, 0.3) is 23.0 Å². The zero-order valence-electron chi connectivity index (χ0n) is 17.8. The van der Waals surface area contributed by atoms with Crippen molar-refractivity contribution in [3.63, 3.8) is 0 Å². The molecule has 1 aromatic heterocycles. The molecular weight excluding hydrogens is 469 g/mol. The van der Waals surface area contributed by atoms with E-state index in [1.165, 1.54) is 17.8 Å². The minimum atomic E-state index is -0.295. The molecular formula is C26H18FN3O2S2. The standard InChI is InChI=1S/C26H18FN3O2S2/c27-22-9-5-4-6-18(22)16-32-21-12-10-17(11-13-21)24-19(14-23-25(31)28-26(33)34-23)15-30(29-24)20-7-2-1-3-8-20/h1-15H,16H2,(H,28,31,33)/b23-14-. The maximum Gasteiger partial charge on any atom is 0.263 e. The lowest BCUT2D eigenvalue weighted by molar-refractivity contribution is -0.115. The molecule has 0 saturated carbocycles. The summed E-state index contributed by atoms with van der Waals surface area (Å²) in [5, 5.41) is 7.42. The van der Waals surface area contributed by atoms with E-state index in [1.54, 1.807) is 29.0 Å². The zero-order chi connectivity index (χ0) is 23.5. The molecule has 1 amide bonds. The summed E-state index contributed by atoms with van der Waals surface area (Å²) in [6, 6.07) is 23.7. The number of aromatic nitrogens is 2. The van der Waals surface area contributed by atoms with E-state index >= 15 is 0 Å². The molecule has 34 heavy (non-hydrogen) atoms. The summed E-state index contributed by atoms with van der Waals surface area (Å²) < 4.78 is 21.8. The first-order valence-corrected chi connectivity index (χ1v) is 11.7. The molecule has 0 bridgehead atoms. The van der Waals surface area contributed by atoms with Crippen molar-refractivity contribution in [1.82, 2.24) is 15.1 Å². The number of para-hydroxylation sites is 1. The molecule has 5 rings (SSSR count). The molecule has 0 unspecified atom stereocenters. The summed E-state index contributed by atoms with van der Waals surface area (Å²) in [6.45, 7) is 0.137. The van der Waals surface area contributed by atoms with E-state index in [4.69, 9.17) is 22.1 Å². The van der Waals surface area contributed by atoms with E-state index in [1.807, 2.05) is 60.8 Å². The van der Waals surface area contributed by atoms with Crippen LogP contribution in [0.3, 0.4) is 0 Å². The maximum absolute atomic E-state index is 13.8. The number of amides is 1. The fraction of sp³-hybridized carbons (Fsp3) is 0.0385. The Hall–Kier alpha value is -3.75. The van der Waals surface area contributed by atoms with Crippen molar-refractivity contribution >= 4 is 40.3 Å². The summed E-state index contributed by atoms with van der Waals surface area (Å²) in [5.41, 5.74) is 3.74. The number of hydrogen-bond acceptors (Lipinski definition) is 5. The Balaban J connectivity index is 1.45. The first kappa shape index (κ1) is 22.1. The van der Waals surface area contributed by atoms with Crippen LogP contribution in [0.1, 0.15) is 11.1 Å². The first-order chi connectivity index (χ1) is 16.6. The molecule has 0 radical (unpaired) electrons. The van der Waals surface area contributed by atoms with Crippen LogP contribution in [-0.4, -0.2) is 20.0 Å². The highest BCUT2D eigenvalue weighted by atomic mass is 32.2. The van der Waals surface area contributed by atoms with Crippen molar-refractivity contribution in [3.8, 4) is 22.7 Å². The third kappa shape index (κ3) is 4.78. The fourth-order valence-corrected chi connectivity index (χ4v) is 4.51. The summed E-state index contributed by atoms with van der Waals surface area (Å²) in [7, 11) is 0. The van der Waals surface area contributed by atoms with Crippen LogP contribution in [0, 0.1) is 5.82 Å². The summed E-state index contributed by atoms with van der Waals surface area (Å²) in [4.78, 5) is 12.7. The van der Waals surface area contributed by atoms with Crippen molar-refractivity contribution < 1.29 is 13.9 Å². The van der Waals surface area contributed by atoms with Gasteiger partial charge in [0.2, 0.25) is 0 Å². The Morgan fingerprint density at radius 1 is 1.03 bits per heavy atom. The van der Waals surface area contributed by atoms with Gasteiger partial charge in [0.1, 0.15) is 22.5 Å². The van der Waals surface area contributed by atoms with Crippen LogP contribution in [0.5, 0.6) is 5.75 Å².